The smallest absolute Gasteiger partial charge is 0.246 e. The Kier molecular flexibility index (Phi) is 20.7. The molecule has 4 aliphatic heterocycles. The molecule has 0 saturated carbocycles. The summed E-state index contributed by atoms with van der Waals surface area (Å²) in [5.41, 5.74) is 5.53. The van der Waals surface area contributed by atoms with Gasteiger partial charge in [0.25, 0.3) is 0 Å². The van der Waals surface area contributed by atoms with Crippen molar-refractivity contribution in [2.24, 2.45) is 0 Å². The standard InChI is InChI=1S/C62H84N14O6/c1-41(63-3)57(77)65-49-27-13-11-25-47-33-35-53(75(47)61(49)81)59(79)67-55(45-21-7-5-8-22-45)51-39-73(71-69-51)37-17-15-19-43-29-31-44(32-30-43)20-16-18-38-74-40-52(70-72-74)56(46-23-9-6-10-24-46)68-60(80)54-36-34-48-26-12-14-28-50(62(82)76(48)54)66-58(78)42(2)64-4/h5-10,21-24,29-32,39-42,47-50,53-56,63-64H,11-20,25-28,33-38H2,1-4H3,(H,65,77)(H,66,78)(H,67,79)(H,68,80)/t41-,42?,47-,48-,49-,50?,53-,54?,55-,56-/m0/s1. The van der Waals surface area contributed by atoms with E-state index in [9.17, 15) is 28.8 Å². The molecule has 6 N–H and O–H groups in total. The van der Waals surface area contributed by atoms with E-state index in [-0.39, 0.29) is 47.5 Å². The zero-order valence-corrected chi connectivity index (χ0v) is 48.2. The Morgan fingerprint density at radius 1 is 0.512 bits per heavy atom. The molecule has 4 saturated heterocycles. The minimum atomic E-state index is -0.676. The van der Waals surface area contributed by atoms with Crippen molar-refractivity contribution in [3.63, 3.8) is 0 Å². The van der Waals surface area contributed by atoms with Crippen molar-refractivity contribution < 1.29 is 28.8 Å². The lowest BCUT2D eigenvalue weighted by atomic mass is 9.98. The zero-order valence-electron chi connectivity index (χ0n) is 48.2. The lowest BCUT2D eigenvalue weighted by Gasteiger charge is -2.36. The second-order valence-electron chi connectivity index (χ2n) is 22.9. The first-order chi connectivity index (χ1) is 39.9. The van der Waals surface area contributed by atoms with Crippen LogP contribution < -0.4 is 31.9 Å². The molecule has 3 aromatic carbocycles. The summed E-state index contributed by atoms with van der Waals surface area (Å²) in [4.78, 5) is 86.0. The van der Waals surface area contributed by atoms with Gasteiger partial charge in [0.05, 0.1) is 36.6 Å². The molecule has 2 aromatic heterocycles. The highest BCUT2D eigenvalue weighted by Gasteiger charge is 2.46. The number of fused-ring (bicyclic) bond motifs is 2. The summed E-state index contributed by atoms with van der Waals surface area (Å²) in [5.74, 6) is -1.31. The lowest BCUT2D eigenvalue weighted by molar-refractivity contribution is -0.144. The molecule has 0 aliphatic carbocycles. The summed E-state index contributed by atoms with van der Waals surface area (Å²) in [6.45, 7) is 4.86. The Morgan fingerprint density at radius 2 is 0.902 bits per heavy atom. The third-order valence-electron chi connectivity index (χ3n) is 17.3. The molecule has 82 heavy (non-hydrogen) atoms. The third kappa shape index (κ3) is 14.8. The van der Waals surface area contributed by atoms with Gasteiger partial charge in [0.1, 0.15) is 35.6 Å². The monoisotopic (exact) mass is 1120 g/mol. The summed E-state index contributed by atoms with van der Waals surface area (Å²) in [6, 6.07) is 23.5. The molecule has 438 valence electrons. The first kappa shape index (κ1) is 59.3. The Hall–Kier alpha value is -7.32. The number of rotatable bonds is 24. The maximum Gasteiger partial charge on any atom is 0.246 e. The maximum atomic E-state index is 14.3. The van der Waals surface area contributed by atoms with Gasteiger partial charge in [-0.15, -0.1) is 10.2 Å². The largest absolute Gasteiger partial charge is 0.343 e. The van der Waals surface area contributed by atoms with Gasteiger partial charge in [0.2, 0.25) is 35.4 Å². The highest BCUT2D eigenvalue weighted by atomic mass is 16.2. The average Bonchev–Trinajstić information content (AvgIpc) is 4.39. The molecule has 0 bridgehead atoms. The molecule has 5 aromatic rings. The van der Waals surface area contributed by atoms with Crippen LogP contribution in [-0.4, -0.2) is 138 Å². The van der Waals surface area contributed by atoms with Gasteiger partial charge < -0.3 is 41.7 Å². The summed E-state index contributed by atoms with van der Waals surface area (Å²) in [5, 5.41) is 36.4. The summed E-state index contributed by atoms with van der Waals surface area (Å²) >= 11 is 0. The SMILES string of the molecule is CNC(C)C(=O)NC1CCCC[C@H]2CCC(C(=O)N[C@@H](c3ccccc3)c3cn(CCCCc4ccc(CCCCn5cc([C@@H](NC(=O)[C@@H]6CC[C@@H]7CCCC[C@H](NC(=O)[C@H](C)NC)C(=O)N76)c6ccccc6)nn5)cc4)nn3)N2C1=O. The first-order valence-electron chi connectivity index (χ1n) is 30.1. The Balaban J connectivity index is 0.734. The summed E-state index contributed by atoms with van der Waals surface area (Å²) in [7, 11) is 3.43. The quantitative estimate of drug-likeness (QED) is 0.0427. The summed E-state index contributed by atoms with van der Waals surface area (Å²) in [6.07, 6.45) is 18.2. The number of carbonyl (C=O) groups excluding carboxylic acids is 6. The fourth-order valence-corrected chi connectivity index (χ4v) is 12.3. The number of carbonyl (C=O) groups is 6. The second kappa shape index (κ2) is 28.6. The Labute approximate surface area is 482 Å². The third-order valence-corrected chi connectivity index (χ3v) is 17.3. The van der Waals surface area contributed by atoms with E-state index in [2.05, 4.69) is 76.8 Å². The van der Waals surface area contributed by atoms with Crippen molar-refractivity contribution in [1.82, 2.24) is 71.7 Å². The van der Waals surface area contributed by atoms with Crippen molar-refractivity contribution in [3.8, 4) is 0 Å². The van der Waals surface area contributed by atoms with Crippen molar-refractivity contribution in [2.45, 2.75) is 203 Å². The van der Waals surface area contributed by atoms with Gasteiger partial charge >= 0.3 is 0 Å². The van der Waals surface area contributed by atoms with Crippen LogP contribution in [0.15, 0.2) is 97.3 Å². The highest BCUT2D eigenvalue weighted by Crippen LogP contribution is 2.34. The number of aryl methyl sites for hydroxylation is 4. The van der Waals surface area contributed by atoms with Crippen molar-refractivity contribution in [2.75, 3.05) is 14.1 Å². The number of amides is 6. The number of nitrogens with zero attached hydrogens (tertiary/aromatic N) is 8. The molecule has 0 radical (unpaired) electrons. The van der Waals surface area contributed by atoms with Crippen LogP contribution in [0, 0.1) is 0 Å². The molecule has 6 amide bonds. The molecule has 20 heteroatoms. The first-order valence-corrected chi connectivity index (χ1v) is 30.1. The molecular formula is C62H84N14O6. The van der Waals surface area contributed by atoms with Crippen LogP contribution in [0.25, 0.3) is 0 Å². The minimum absolute atomic E-state index is 0.0483. The predicted molar refractivity (Wildman–Crippen MR) is 310 cm³/mol. The topological polar surface area (TPSA) is 242 Å². The number of likely N-dealkylation sites (N-methyl/N-ethyl adjacent to an activating group) is 2. The molecular weight excluding hydrogens is 1040 g/mol. The molecule has 4 aliphatic rings. The van der Waals surface area contributed by atoms with Crippen LogP contribution in [0.5, 0.6) is 0 Å². The number of unbranched alkanes of at least 4 members (excludes halogenated alkanes) is 2. The van der Waals surface area contributed by atoms with Gasteiger partial charge in [-0.2, -0.15) is 0 Å². The van der Waals surface area contributed by atoms with Gasteiger partial charge in [0, 0.05) is 25.2 Å². The van der Waals surface area contributed by atoms with E-state index in [0.29, 0.717) is 50.2 Å². The van der Waals surface area contributed by atoms with Gasteiger partial charge in [0.15, 0.2) is 0 Å². The average molecular weight is 1120 g/mol. The van der Waals surface area contributed by atoms with Crippen molar-refractivity contribution in [1.29, 1.82) is 0 Å². The number of benzene rings is 3. The van der Waals surface area contributed by atoms with E-state index in [0.717, 1.165) is 101 Å². The van der Waals surface area contributed by atoms with Crippen LogP contribution in [0.4, 0.5) is 0 Å². The minimum Gasteiger partial charge on any atom is -0.343 e. The fraction of sp³-hybridized carbons (Fsp3) is 0.548. The number of hydrogen-bond donors (Lipinski definition) is 6. The van der Waals surface area contributed by atoms with E-state index < -0.39 is 48.3 Å². The molecule has 3 unspecified atom stereocenters. The Bertz CT molecular complexity index is 2720. The number of nitrogens with one attached hydrogen (secondary N) is 6. The highest BCUT2D eigenvalue weighted by molar-refractivity contribution is 5.95. The van der Waals surface area contributed by atoms with E-state index in [1.54, 1.807) is 37.7 Å². The van der Waals surface area contributed by atoms with Gasteiger partial charge in [-0.05, 0) is 140 Å². The molecule has 10 atom stereocenters. The number of hydrogen-bond acceptors (Lipinski definition) is 12. The van der Waals surface area contributed by atoms with Gasteiger partial charge in [-0.25, -0.2) is 0 Å². The van der Waals surface area contributed by atoms with Crippen LogP contribution in [0.3, 0.4) is 0 Å². The molecule has 6 heterocycles. The van der Waals surface area contributed by atoms with Gasteiger partial charge in [-0.3, -0.25) is 38.1 Å². The predicted octanol–water partition coefficient (Wildman–Crippen LogP) is 5.38. The van der Waals surface area contributed by atoms with Crippen LogP contribution in [0.2, 0.25) is 0 Å². The normalized spacial score (nSPS) is 22.5. The van der Waals surface area contributed by atoms with Crippen LogP contribution in [-0.2, 0) is 54.7 Å². The van der Waals surface area contributed by atoms with Crippen LogP contribution in [0.1, 0.15) is 162 Å². The van der Waals surface area contributed by atoms with Gasteiger partial charge in [-0.1, -0.05) is 121 Å². The van der Waals surface area contributed by atoms with E-state index >= 15 is 0 Å². The fourth-order valence-electron chi connectivity index (χ4n) is 12.3. The van der Waals surface area contributed by atoms with E-state index in [4.69, 9.17) is 0 Å². The number of aromatic nitrogens is 6. The second-order valence-corrected chi connectivity index (χ2v) is 22.9. The van der Waals surface area contributed by atoms with Crippen molar-refractivity contribution in [3.05, 3.63) is 131 Å². The van der Waals surface area contributed by atoms with Crippen molar-refractivity contribution >= 4 is 35.4 Å². The maximum absolute atomic E-state index is 14.3. The summed E-state index contributed by atoms with van der Waals surface area (Å²) < 4.78 is 3.68. The molecule has 0 spiro atoms. The molecule has 20 nitrogen and oxygen atoms in total. The molecule has 9 rings (SSSR count). The molecule has 4 fully saturated rings. The lowest BCUT2D eigenvalue weighted by Crippen LogP contribution is -2.58. The van der Waals surface area contributed by atoms with E-state index in [1.165, 1.54) is 11.1 Å². The zero-order chi connectivity index (χ0) is 57.5. The Morgan fingerprint density at radius 3 is 1.29 bits per heavy atom. The van der Waals surface area contributed by atoms with E-state index in [1.807, 2.05) is 82.4 Å². The van der Waals surface area contributed by atoms with Crippen LogP contribution >= 0.6 is 0 Å².